The summed E-state index contributed by atoms with van der Waals surface area (Å²) in [4.78, 5) is 24.2. The van der Waals surface area contributed by atoms with Crippen LogP contribution in [0, 0.1) is 0 Å². The second-order valence-corrected chi connectivity index (χ2v) is 4.72. The number of carbonyl (C=O) groups is 2. The molecule has 0 aliphatic heterocycles. The molecule has 0 aromatic heterocycles. The van der Waals surface area contributed by atoms with Gasteiger partial charge < -0.3 is 10.0 Å². The molecule has 0 radical (unpaired) electrons. The lowest BCUT2D eigenvalue weighted by atomic mass is 10.0. The summed E-state index contributed by atoms with van der Waals surface area (Å²) in [7, 11) is 0. The van der Waals surface area contributed by atoms with Crippen molar-refractivity contribution in [2.75, 3.05) is 0 Å². The van der Waals surface area contributed by atoms with Crippen molar-refractivity contribution in [1.82, 2.24) is 4.90 Å². The first-order valence-electron chi connectivity index (χ1n) is 6.43. The number of aliphatic carboxylic acids is 1. The maximum absolute atomic E-state index is 11.5. The summed E-state index contributed by atoms with van der Waals surface area (Å²) in [5.74, 6) is -1.06. The molecule has 17 heavy (non-hydrogen) atoms. The third-order valence-electron chi connectivity index (χ3n) is 2.87. The van der Waals surface area contributed by atoms with Crippen molar-refractivity contribution in [1.29, 1.82) is 0 Å². The maximum atomic E-state index is 11.5. The van der Waals surface area contributed by atoms with Crippen LogP contribution in [-0.2, 0) is 9.59 Å². The number of rotatable bonds is 8. The molecular formula is C13H25NO3. The lowest BCUT2D eigenvalue weighted by Gasteiger charge is -2.31. The van der Waals surface area contributed by atoms with E-state index in [0.29, 0.717) is 6.42 Å². The van der Waals surface area contributed by atoms with Crippen LogP contribution in [0.2, 0.25) is 0 Å². The quantitative estimate of drug-likeness (QED) is 0.667. The molecule has 1 amide bonds. The maximum Gasteiger partial charge on any atom is 0.326 e. The van der Waals surface area contributed by atoms with E-state index in [1.54, 1.807) is 0 Å². The van der Waals surface area contributed by atoms with Gasteiger partial charge in [0.1, 0.15) is 6.04 Å². The van der Waals surface area contributed by atoms with Gasteiger partial charge >= 0.3 is 5.97 Å². The van der Waals surface area contributed by atoms with Crippen LogP contribution in [0.5, 0.6) is 0 Å². The molecule has 1 atom stereocenters. The highest BCUT2D eigenvalue weighted by Gasteiger charge is 2.28. The Balaban J connectivity index is 4.48. The zero-order valence-corrected chi connectivity index (χ0v) is 11.4. The summed E-state index contributed by atoms with van der Waals surface area (Å²) in [6.07, 6.45) is 4.69. The fourth-order valence-electron chi connectivity index (χ4n) is 2.09. The number of hydrogen-bond acceptors (Lipinski definition) is 2. The standard InChI is InChI=1S/C13H25NO3/c1-5-6-7-8-9-12(13(16)17)14(10(2)3)11(4)15/h10,12H,5-9H2,1-4H3,(H,16,17). The first-order chi connectivity index (χ1) is 7.91. The van der Waals surface area contributed by atoms with Gasteiger partial charge in [-0.3, -0.25) is 4.79 Å². The molecule has 0 aromatic rings. The second kappa shape index (κ2) is 8.09. The number of carbonyl (C=O) groups excluding carboxylic acids is 1. The highest BCUT2D eigenvalue weighted by atomic mass is 16.4. The van der Waals surface area contributed by atoms with Gasteiger partial charge in [-0.15, -0.1) is 0 Å². The van der Waals surface area contributed by atoms with Crippen molar-refractivity contribution in [3.05, 3.63) is 0 Å². The van der Waals surface area contributed by atoms with Gasteiger partial charge in [-0.05, 0) is 20.3 Å². The normalized spacial score (nSPS) is 12.5. The van der Waals surface area contributed by atoms with E-state index < -0.39 is 12.0 Å². The lowest BCUT2D eigenvalue weighted by Crippen LogP contribution is -2.47. The Morgan fingerprint density at radius 1 is 1.18 bits per heavy atom. The van der Waals surface area contributed by atoms with Crippen molar-refractivity contribution < 1.29 is 14.7 Å². The Hall–Kier alpha value is -1.06. The monoisotopic (exact) mass is 243 g/mol. The van der Waals surface area contributed by atoms with E-state index in [1.165, 1.54) is 11.8 Å². The highest BCUT2D eigenvalue weighted by molar-refractivity contribution is 5.82. The van der Waals surface area contributed by atoms with E-state index in [9.17, 15) is 14.7 Å². The third kappa shape index (κ3) is 5.71. The molecule has 0 heterocycles. The predicted octanol–water partition coefficient (Wildman–Crippen LogP) is 2.67. The van der Waals surface area contributed by atoms with Crippen LogP contribution in [0.15, 0.2) is 0 Å². The minimum Gasteiger partial charge on any atom is -0.480 e. The number of hydrogen-bond donors (Lipinski definition) is 1. The molecule has 4 nitrogen and oxygen atoms in total. The van der Waals surface area contributed by atoms with Gasteiger partial charge in [-0.2, -0.15) is 0 Å². The van der Waals surface area contributed by atoms with E-state index in [1.807, 2.05) is 13.8 Å². The molecule has 0 spiro atoms. The Labute approximate surface area is 104 Å². The molecule has 0 aromatic carbocycles. The Bertz CT molecular complexity index is 251. The SMILES string of the molecule is CCCCCCC(C(=O)O)N(C(C)=O)C(C)C. The first-order valence-corrected chi connectivity index (χ1v) is 6.43. The zero-order chi connectivity index (χ0) is 13.4. The Morgan fingerprint density at radius 2 is 1.76 bits per heavy atom. The second-order valence-electron chi connectivity index (χ2n) is 4.72. The molecule has 0 fully saturated rings. The number of nitrogens with zero attached hydrogens (tertiary/aromatic N) is 1. The fraction of sp³-hybridized carbons (Fsp3) is 0.846. The van der Waals surface area contributed by atoms with E-state index in [-0.39, 0.29) is 11.9 Å². The van der Waals surface area contributed by atoms with Crippen molar-refractivity contribution in [2.24, 2.45) is 0 Å². The summed E-state index contributed by atoms with van der Waals surface area (Å²) in [5.41, 5.74) is 0. The minimum atomic E-state index is -0.898. The molecule has 0 saturated heterocycles. The highest BCUT2D eigenvalue weighted by Crippen LogP contribution is 2.14. The summed E-state index contributed by atoms with van der Waals surface area (Å²) in [6.45, 7) is 7.25. The summed E-state index contributed by atoms with van der Waals surface area (Å²) in [6, 6.07) is -0.746. The van der Waals surface area contributed by atoms with E-state index in [2.05, 4.69) is 6.92 Å². The smallest absolute Gasteiger partial charge is 0.326 e. The molecule has 1 unspecified atom stereocenters. The fourth-order valence-corrected chi connectivity index (χ4v) is 2.09. The van der Waals surface area contributed by atoms with Gasteiger partial charge in [0, 0.05) is 13.0 Å². The average molecular weight is 243 g/mol. The van der Waals surface area contributed by atoms with Gasteiger partial charge in [-0.25, -0.2) is 4.79 Å². The summed E-state index contributed by atoms with van der Waals surface area (Å²) < 4.78 is 0. The van der Waals surface area contributed by atoms with Crippen LogP contribution in [0.3, 0.4) is 0 Å². The lowest BCUT2D eigenvalue weighted by molar-refractivity contribution is -0.151. The molecule has 100 valence electrons. The van der Waals surface area contributed by atoms with E-state index in [4.69, 9.17) is 0 Å². The van der Waals surface area contributed by atoms with Crippen LogP contribution < -0.4 is 0 Å². The molecule has 0 saturated carbocycles. The number of unbranched alkanes of at least 4 members (excludes halogenated alkanes) is 3. The number of amides is 1. The van der Waals surface area contributed by atoms with Gasteiger partial charge in [0.15, 0.2) is 0 Å². The molecule has 1 N–H and O–H groups in total. The van der Waals surface area contributed by atoms with Crippen LogP contribution in [0.1, 0.15) is 59.8 Å². The number of carboxylic acids is 1. The minimum absolute atomic E-state index is 0.0697. The Kier molecular flexibility index (Phi) is 7.59. The van der Waals surface area contributed by atoms with Gasteiger partial charge in [0.05, 0.1) is 0 Å². The molecule has 0 aliphatic rings. The average Bonchev–Trinajstić information content (AvgIpc) is 2.20. The molecule has 4 heteroatoms. The molecule has 0 aliphatic carbocycles. The van der Waals surface area contributed by atoms with E-state index >= 15 is 0 Å². The third-order valence-corrected chi connectivity index (χ3v) is 2.87. The van der Waals surface area contributed by atoms with Gasteiger partial charge in [0.2, 0.25) is 5.91 Å². The van der Waals surface area contributed by atoms with Crippen molar-refractivity contribution in [2.45, 2.75) is 71.9 Å². The van der Waals surface area contributed by atoms with Crippen molar-refractivity contribution in [3.63, 3.8) is 0 Å². The van der Waals surface area contributed by atoms with Gasteiger partial charge in [0.25, 0.3) is 0 Å². The molecular weight excluding hydrogens is 218 g/mol. The van der Waals surface area contributed by atoms with Crippen LogP contribution in [0.4, 0.5) is 0 Å². The van der Waals surface area contributed by atoms with Crippen molar-refractivity contribution >= 4 is 11.9 Å². The van der Waals surface area contributed by atoms with Crippen LogP contribution >= 0.6 is 0 Å². The summed E-state index contributed by atoms with van der Waals surface area (Å²) in [5, 5.41) is 9.20. The van der Waals surface area contributed by atoms with Crippen LogP contribution in [-0.4, -0.2) is 34.0 Å². The predicted molar refractivity (Wildman–Crippen MR) is 67.8 cm³/mol. The van der Waals surface area contributed by atoms with E-state index in [0.717, 1.165) is 25.7 Å². The largest absolute Gasteiger partial charge is 0.480 e. The molecule has 0 rings (SSSR count). The van der Waals surface area contributed by atoms with Gasteiger partial charge in [-0.1, -0.05) is 32.6 Å². The Morgan fingerprint density at radius 3 is 2.12 bits per heavy atom. The zero-order valence-electron chi connectivity index (χ0n) is 11.4. The first kappa shape index (κ1) is 15.9. The van der Waals surface area contributed by atoms with Crippen molar-refractivity contribution in [3.8, 4) is 0 Å². The summed E-state index contributed by atoms with van der Waals surface area (Å²) >= 11 is 0. The van der Waals surface area contributed by atoms with Crippen LogP contribution in [0.25, 0.3) is 0 Å². The number of carboxylic acid groups (broad SMARTS) is 1. The topological polar surface area (TPSA) is 57.6 Å². The molecule has 0 bridgehead atoms.